The second-order valence-corrected chi connectivity index (χ2v) is 6.31. The Bertz CT molecular complexity index is 630. The summed E-state index contributed by atoms with van der Waals surface area (Å²) in [4.78, 5) is 8.77. The van der Waals surface area contributed by atoms with Gasteiger partial charge in [0, 0.05) is 10.6 Å². The van der Waals surface area contributed by atoms with E-state index in [1.165, 1.54) is 0 Å². The third-order valence-electron chi connectivity index (χ3n) is 2.55. The van der Waals surface area contributed by atoms with Crippen molar-refractivity contribution in [2.75, 3.05) is 0 Å². The van der Waals surface area contributed by atoms with Crippen LogP contribution in [0.3, 0.4) is 0 Å². The summed E-state index contributed by atoms with van der Waals surface area (Å²) in [5.41, 5.74) is 1.51. The highest BCUT2D eigenvalue weighted by Gasteiger charge is 2.16. The molecule has 0 radical (unpaired) electrons. The van der Waals surface area contributed by atoms with Crippen LogP contribution >= 0.6 is 50.7 Å². The molecule has 0 amide bonds. The fourth-order valence-corrected chi connectivity index (χ4v) is 2.79. The Morgan fingerprint density at radius 3 is 2.42 bits per heavy atom. The zero-order valence-electron chi connectivity index (χ0n) is 10.2. The quantitative estimate of drug-likeness (QED) is 0.598. The molecule has 0 fully saturated rings. The lowest BCUT2D eigenvalue weighted by atomic mass is 10.1. The first kappa shape index (κ1) is 15.0. The summed E-state index contributed by atoms with van der Waals surface area (Å²) in [5.74, 6) is 0.691. The van der Waals surface area contributed by atoms with Crippen molar-refractivity contribution in [2.24, 2.45) is 0 Å². The Labute approximate surface area is 135 Å². The minimum absolute atomic E-state index is 0.214. The van der Waals surface area contributed by atoms with Crippen LogP contribution in [0.1, 0.15) is 25.5 Å². The number of rotatable bonds is 2. The van der Waals surface area contributed by atoms with Crippen LogP contribution in [0.4, 0.5) is 0 Å². The summed E-state index contributed by atoms with van der Waals surface area (Å²) in [7, 11) is 0. The lowest BCUT2D eigenvalue weighted by molar-refractivity contribution is 0.809. The minimum atomic E-state index is 0.214. The van der Waals surface area contributed by atoms with Crippen molar-refractivity contribution in [1.82, 2.24) is 9.97 Å². The van der Waals surface area contributed by atoms with Crippen molar-refractivity contribution >= 4 is 50.7 Å². The van der Waals surface area contributed by atoms with Gasteiger partial charge in [0.05, 0.1) is 15.2 Å². The summed E-state index contributed by atoms with van der Waals surface area (Å²) < 4.78 is 0.714. The molecule has 100 valence electrons. The summed E-state index contributed by atoms with van der Waals surface area (Å²) in [6, 6.07) is 5.17. The fourth-order valence-electron chi connectivity index (χ4n) is 1.61. The van der Waals surface area contributed by atoms with Gasteiger partial charge in [0.25, 0.3) is 0 Å². The van der Waals surface area contributed by atoms with Gasteiger partial charge in [0.1, 0.15) is 5.15 Å². The van der Waals surface area contributed by atoms with E-state index in [1.807, 2.05) is 13.8 Å². The number of nitrogens with zero attached hydrogens (tertiary/aromatic N) is 2. The second kappa shape index (κ2) is 5.96. The molecule has 0 unspecified atom stereocenters. The summed E-state index contributed by atoms with van der Waals surface area (Å²) >= 11 is 21.7. The van der Waals surface area contributed by atoms with E-state index in [1.54, 1.807) is 18.2 Å². The molecular weight excluding hydrogens is 370 g/mol. The van der Waals surface area contributed by atoms with E-state index in [4.69, 9.17) is 34.8 Å². The largest absolute Gasteiger partial charge is 0.231 e. The summed E-state index contributed by atoms with van der Waals surface area (Å²) in [6.45, 7) is 4.07. The monoisotopic (exact) mass is 378 g/mol. The molecule has 1 aromatic heterocycles. The average molecular weight is 380 g/mol. The van der Waals surface area contributed by atoms with Gasteiger partial charge in [-0.2, -0.15) is 0 Å². The number of halogens is 4. The number of aromatic nitrogens is 2. The first-order valence-electron chi connectivity index (χ1n) is 5.58. The van der Waals surface area contributed by atoms with E-state index in [9.17, 15) is 0 Å². The predicted octanol–water partition coefficient (Wildman–Crippen LogP) is 5.99. The number of hydrogen-bond acceptors (Lipinski definition) is 2. The van der Waals surface area contributed by atoms with Crippen LogP contribution in [-0.4, -0.2) is 9.97 Å². The van der Waals surface area contributed by atoms with Crippen LogP contribution in [0.5, 0.6) is 0 Å². The van der Waals surface area contributed by atoms with Crippen molar-refractivity contribution in [2.45, 2.75) is 19.8 Å². The number of benzene rings is 1. The molecular formula is C13H10BrCl3N2. The van der Waals surface area contributed by atoms with Crippen LogP contribution in [0.25, 0.3) is 11.4 Å². The first-order valence-corrected chi connectivity index (χ1v) is 7.51. The molecule has 2 aromatic rings. The SMILES string of the molecule is CC(C)c1nc(-c2cc(Cl)ccc2Cl)nc(Cl)c1Br. The van der Waals surface area contributed by atoms with Crippen LogP contribution in [0, 0.1) is 0 Å². The van der Waals surface area contributed by atoms with Gasteiger partial charge in [-0.3, -0.25) is 0 Å². The van der Waals surface area contributed by atoms with Gasteiger partial charge in [-0.05, 0) is 40.0 Å². The molecule has 0 saturated heterocycles. The highest BCUT2D eigenvalue weighted by Crippen LogP contribution is 2.34. The highest BCUT2D eigenvalue weighted by molar-refractivity contribution is 9.10. The van der Waals surface area contributed by atoms with E-state index in [0.29, 0.717) is 31.1 Å². The molecule has 2 nitrogen and oxygen atoms in total. The van der Waals surface area contributed by atoms with Gasteiger partial charge >= 0.3 is 0 Å². The van der Waals surface area contributed by atoms with Gasteiger partial charge < -0.3 is 0 Å². The van der Waals surface area contributed by atoms with E-state index < -0.39 is 0 Å². The predicted molar refractivity (Wildman–Crippen MR) is 84.3 cm³/mol. The lowest BCUT2D eigenvalue weighted by Gasteiger charge is -2.11. The number of hydrogen-bond donors (Lipinski definition) is 0. The Balaban J connectivity index is 2.66. The van der Waals surface area contributed by atoms with Gasteiger partial charge in [-0.25, -0.2) is 9.97 Å². The van der Waals surface area contributed by atoms with Crippen molar-refractivity contribution in [3.05, 3.63) is 43.6 Å². The van der Waals surface area contributed by atoms with Gasteiger partial charge in [-0.15, -0.1) is 0 Å². The van der Waals surface area contributed by atoms with Crippen LogP contribution in [-0.2, 0) is 0 Å². The van der Waals surface area contributed by atoms with Gasteiger partial charge in [0.2, 0.25) is 0 Å². The first-order chi connectivity index (χ1) is 8.90. The zero-order chi connectivity index (χ0) is 14.2. The van der Waals surface area contributed by atoms with Crippen molar-refractivity contribution < 1.29 is 0 Å². The third-order valence-corrected chi connectivity index (χ3v) is 4.40. The molecule has 1 heterocycles. The molecule has 0 aliphatic carbocycles. The summed E-state index contributed by atoms with van der Waals surface area (Å²) in [6.07, 6.45) is 0. The molecule has 0 aliphatic rings. The normalized spacial score (nSPS) is 11.1. The molecule has 0 atom stereocenters. The van der Waals surface area contributed by atoms with E-state index in [0.717, 1.165) is 5.69 Å². The third kappa shape index (κ3) is 3.22. The fraction of sp³-hybridized carbons (Fsp3) is 0.231. The standard InChI is InChI=1S/C13H10BrCl3N2/c1-6(2)11-10(14)12(17)19-13(18-11)8-5-7(15)3-4-9(8)16/h3-6H,1-2H3. The van der Waals surface area contributed by atoms with Gasteiger partial charge in [0.15, 0.2) is 5.82 Å². The molecule has 2 rings (SSSR count). The smallest absolute Gasteiger partial charge is 0.162 e. The molecule has 6 heteroatoms. The van der Waals surface area contributed by atoms with Crippen molar-refractivity contribution in [1.29, 1.82) is 0 Å². The van der Waals surface area contributed by atoms with Crippen LogP contribution < -0.4 is 0 Å². The van der Waals surface area contributed by atoms with E-state index in [-0.39, 0.29) is 5.92 Å². The van der Waals surface area contributed by atoms with Gasteiger partial charge in [-0.1, -0.05) is 48.7 Å². The molecule has 0 saturated carbocycles. The molecule has 0 spiro atoms. The maximum Gasteiger partial charge on any atom is 0.162 e. The Kier molecular flexibility index (Phi) is 4.72. The Morgan fingerprint density at radius 2 is 1.79 bits per heavy atom. The highest BCUT2D eigenvalue weighted by atomic mass is 79.9. The van der Waals surface area contributed by atoms with Crippen LogP contribution in [0.15, 0.2) is 22.7 Å². The molecule has 1 aromatic carbocycles. The van der Waals surface area contributed by atoms with E-state index in [2.05, 4.69) is 25.9 Å². The lowest BCUT2D eigenvalue weighted by Crippen LogP contribution is -2.00. The Morgan fingerprint density at radius 1 is 1.11 bits per heavy atom. The Hall–Kier alpha value is -0.350. The van der Waals surface area contributed by atoms with E-state index >= 15 is 0 Å². The molecule has 0 bridgehead atoms. The molecule has 19 heavy (non-hydrogen) atoms. The average Bonchev–Trinajstić information content (AvgIpc) is 2.35. The van der Waals surface area contributed by atoms with Crippen LogP contribution in [0.2, 0.25) is 15.2 Å². The molecule has 0 aliphatic heterocycles. The van der Waals surface area contributed by atoms with Crippen molar-refractivity contribution in [3.8, 4) is 11.4 Å². The summed E-state index contributed by atoms with van der Waals surface area (Å²) in [5, 5.41) is 1.48. The van der Waals surface area contributed by atoms with Crippen molar-refractivity contribution in [3.63, 3.8) is 0 Å². The topological polar surface area (TPSA) is 25.8 Å². The maximum atomic E-state index is 6.16. The minimum Gasteiger partial charge on any atom is -0.231 e. The maximum absolute atomic E-state index is 6.16. The molecule has 0 N–H and O–H groups in total. The second-order valence-electron chi connectivity index (χ2n) is 4.32. The zero-order valence-corrected chi connectivity index (χ0v) is 14.1.